The Morgan fingerprint density at radius 3 is 2.89 bits per heavy atom. The van der Waals surface area contributed by atoms with Crippen LogP contribution in [-0.2, 0) is 11.2 Å². The van der Waals surface area contributed by atoms with Crippen molar-refractivity contribution in [2.45, 2.75) is 13.3 Å². The molecule has 0 bridgehead atoms. The van der Waals surface area contributed by atoms with Crippen molar-refractivity contribution in [3.8, 4) is 6.07 Å². The van der Waals surface area contributed by atoms with Gasteiger partial charge in [0.2, 0.25) is 5.91 Å². The zero-order chi connectivity index (χ0) is 13.0. The van der Waals surface area contributed by atoms with Crippen molar-refractivity contribution >= 4 is 16.7 Å². The fraction of sp³-hybridized carbons (Fsp3) is 0.200. The van der Waals surface area contributed by atoms with Crippen molar-refractivity contribution in [2.75, 3.05) is 6.54 Å². The summed E-state index contributed by atoms with van der Waals surface area (Å²) in [5, 5.41) is 13.9. The summed E-state index contributed by atoms with van der Waals surface area (Å²) in [6.07, 6.45) is 0.770. The highest BCUT2D eigenvalue weighted by Crippen LogP contribution is 2.20. The highest BCUT2D eigenvalue weighted by atomic mass is 16.1. The molecular formula is C15H14N2O. The minimum absolute atomic E-state index is 0.0204. The molecule has 0 aliphatic carbocycles. The van der Waals surface area contributed by atoms with E-state index in [1.165, 1.54) is 6.92 Å². The number of hydrogen-bond donors (Lipinski definition) is 1. The number of carbonyl (C=O) groups is 1. The maximum atomic E-state index is 10.8. The van der Waals surface area contributed by atoms with Gasteiger partial charge in [0.05, 0.1) is 11.6 Å². The van der Waals surface area contributed by atoms with E-state index < -0.39 is 0 Å². The molecule has 2 rings (SSSR count). The van der Waals surface area contributed by atoms with Crippen LogP contribution in [0.2, 0.25) is 0 Å². The topological polar surface area (TPSA) is 52.9 Å². The minimum atomic E-state index is -0.0204. The summed E-state index contributed by atoms with van der Waals surface area (Å²) >= 11 is 0. The number of fused-ring (bicyclic) bond motifs is 1. The van der Waals surface area contributed by atoms with Gasteiger partial charge in [-0.05, 0) is 34.9 Å². The molecule has 0 aliphatic heterocycles. The first-order chi connectivity index (χ1) is 8.70. The van der Waals surface area contributed by atoms with Crippen LogP contribution in [0.15, 0.2) is 36.4 Å². The van der Waals surface area contributed by atoms with Crippen molar-refractivity contribution < 1.29 is 4.79 Å². The molecule has 3 heteroatoms. The number of hydrogen-bond acceptors (Lipinski definition) is 2. The lowest BCUT2D eigenvalue weighted by Crippen LogP contribution is -2.22. The van der Waals surface area contributed by atoms with Crippen LogP contribution in [0.4, 0.5) is 0 Å². The molecule has 0 saturated carbocycles. The van der Waals surface area contributed by atoms with Gasteiger partial charge >= 0.3 is 0 Å². The van der Waals surface area contributed by atoms with Crippen LogP contribution in [0.5, 0.6) is 0 Å². The van der Waals surface area contributed by atoms with Crippen LogP contribution in [0, 0.1) is 11.3 Å². The van der Waals surface area contributed by atoms with Gasteiger partial charge in [0.25, 0.3) is 0 Å². The number of nitrogens with one attached hydrogen (secondary N) is 1. The smallest absolute Gasteiger partial charge is 0.216 e. The molecule has 0 radical (unpaired) electrons. The van der Waals surface area contributed by atoms with Crippen molar-refractivity contribution in [1.82, 2.24) is 5.32 Å². The van der Waals surface area contributed by atoms with E-state index in [1.54, 1.807) is 0 Å². The molecule has 18 heavy (non-hydrogen) atoms. The van der Waals surface area contributed by atoms with E-state index in [-0.39, 0.29) is 5.91 Å². The van der Waals surface area contributed by atoms with Gasteiger partial charge in [-0.1, -0.05) is 24.3 Å². The quantitative estimate of drug-likeness (QED) is 0.892. The number of nitrogens with zero attached hydrogens (tertiary/aromatic N) is 1. The molecule has 90 valence electrons. The molecule has 0 aliphatic rings. The zero-order valence-electron chi connectivity index (χ0n) is 10.2. The molecular weight excluding hydrogens is 224 g/mol. The molecule has 1 amide bonds. The van der Waals surface area contributed by atoms with Crippen molar-refractivity contribution in [3.05, 3.63) is 47.5 Å². The lowest BCUT2D eigenvalue weighted by Gasteiger charge is -2.07. The van der Waals surface area contributed by atoms with E-state index in [0.717, 1.165) is 22.8 Å². The fourth-order valence-corrected chi connectivity index (χ4v) is 2.00. The Kier molecular flexibility index (Phi) is 3.59. The molecule has 0 fully saturated rings. The Labute approximate surface area is 106 Å². The third-order valence-electron chi connectivity index (χ3n) is 2.87. The fourth-order valence-electron chi connectivity index (χ4n) is 2.00. The predicted octanol–water partition coefficient (Wildman–Crippen LogP) is 2.39. The molecule has 2 aromatic rings. The lowest BCUT2D eigenvalue weighted by molar-refractivity contribution is -0.118. The van der Waals surface area contributed by atoms with Gasteiger partial charge in [0.1, 0.15) is 0 Å². The van der Waals surface area contributed by atoms with Crippen molar-refractivity contribution in [1.29, 1.82) is 5.26 Å². The van der Waals surface area contributed by atoms with Crippen LogP contribution in [0.1, 0.15) is 18.1 Å². The third kappa shape index (κ3) is 2.67. The molecule has 0 spiro atoms. The molecule has 3 nitrogen and oxygen atoms in total. The van der Waals surface area contributed by atoms with E-state index in [1.807, 2.05) is 36.4 Å². The summed E-state index contributed by atoms with van der Waals surface area (Å²) in [5.41, 5.74) is 1.81. The van der Waals surface area contributed by atoms with E-state index in [2.05, 4.69) is 11.4 Å². The second kappa shape index (κ2) is 5.33. The highest BCUT2D eigenvalue weighted by Gasteiger charge is 2.02. The number of nitriles is 1. The maximum absolute atomic E-state index is 10.8. The normalized spacial score (nSPS) is 10.0. The minimum Gasteiger partial charge on any atom is -0.356 e. The van der Waals surface area contributed by atoms with Gasteiger partial charge in [-0.15, -0.1) is 0 Å². The van der Waals surface area contributed by atoms with Gasteiger partial charge < -0.3 is 5.32 Å². The maximum Gasteiger partial charge on any atom is 0.216 e. The van der Waals surface area contributed by atoms with E-state index in [0.29, 0.717) is 12.1 Å². The largest absolute Gasteiger partial charge is 0.356 e. The Morgan fingerprint density at radius 2 is 2.17 bits per heavy atom. The molecule has 1 N–H and O–H groups in total. The molecule has 0 heterocycles. The average Bonchev–Trinajstić information content (AvgIpc) is 2.38. The summed E-state index contributed by atoms with van der Waals surface area (Å²) in [6, 6.07) is 13.9. The van der Waals surface area contributed by atoms with Crippen LogP contribution >= 0.6 is 0 Å². The summed E-state index contributed by atoms with van der Waals surface area (Å²) in [7, 11) is 0. The second-order valence-electron chi connectivity index (χ2n) is 4.20. The predicted molar refractivity (Wildman–Crippen MR) is 71.1 cm³/mol. The standard InChI is InChI=1S/C15H14N2O/c1-11(18)17-8-7-14-4-2-3-13-6-5-12(10-16)9-15(13)14/h2-6,9H,7-8H2,1H3,(H,17,18). The molecule has 0 atom stereocenters. The Bertz CT molecular complexity index is 626. The van der Waals surface area contributed by atoms with Crippen LogP contribution in [0.3, 0.4) is 0 Å². The highest BCUT2D eigenvalue weighted by molar-refractivity contribution is 5.87. The van der Waals surface area contributed by atoms with E-state index >= 15 is 0 Å². The number of carbonyl (C=O) groups excluding carboxylic acids is 1. The van der Waals surface area contributed by atoms with Crippen molar-refractivity contribution in [2.24, 2.45) is 0 Å². The zero-order valence-corrected chi connectivity index (χ0v) is 10.2. The first-order valence-electron chi connectivity index (χ1n) is 5.87. The first-order valence-corrected chi connectivity index (χ1v) is 5.87. The van der Waals surface area contributed by atoms with Gasteiger partial charge in [-0.2, -0.15) is 5.26 Å². The van der Waals surface area contributed by atoms with Crippen LogP contribution in [0.25, 0.3) is 10.8 Å². The third-order valence-corrected chi connectivity index (χ3v) is 2.87. The summed E-state index contributed by atoms with van der Waals surface area (Å²) in [6.45, 7) is 2.13. The molecule has 0 aromatic heterocycles. The summed E-state index contributed by atoms with van der Waals surface area (Å²) in [5.74, 6) is -0.0204. The van der Waals surface area contributed by atoms with Gasteiger partial charge in [-0.25, -0.2) is 0 Å². The number of amides is 1. The SMILES string of the molecule is CC(=O)NCCc1cccc2ccc(C#N)cc12. The Balaban J connectivity index is 2.32. The van der Waals surface area contributed by atoms with E-state index in [4.69, 9.17) is 5.26 Å². The number of rotatable bonds is 3. The second-order valence-corrected chi connectivity index (χ2v) is 4.20. The summed E-state index contributed by atoms with van der Waals surface area (Å²) < 4.78 is 0. The monoisotopic (exact) mass is 238 g/mol. The molecule has 2 aromatic carbocycles. The van der Waals surface area contributed by atoms with Gasteiger partial charge in [-0.3, -0.25) is 4.79 Å². The van der Waals surface area contributed by atoms with Gasteiger partial charge in [0.15, 0.2) is 0 Å². The molecule has 0 saturated heterocycles. The van der Waals surface area contributed by atoms with E-state index in [9.17, 15) is 4.79 Å². The van der Waals surface area contributed by atoms with Crippen molar-refractivity contribution in [3.63, 3.8) is 0 Å². The van der Waals surface area contributed by atoms with Crippen LogP contribution in [-0.4, -0.2) is 12.5 Å². The van der Waals surface area contributed by atoms with Crippen LogP contribution < -0.4 is 5.32 Å². The lowest BCUT2D eigenvalue weighted by atomic mass is 10.0. The first kappa shape index (κ1) is 12.1. The Morgan fingerprint density at radius 1 is 1.33 bits per heavy atom. The summed E-state index contributed by atoms with van der Waals surface area (Å²) in [4.78, 5) is 10.8. The van der Waals surface area contributed by atoms with Gasteiger partial charge in [0, 0.05) is 13.5 Å². The number of benzene rings is 2. The molecule has 0 unspecified atom stereocenters. The Hall–Kier alpha value is -2.34. The average molecular weight is 238 g/mol.